The summed E-state index contributed by atoms with van der Waals surface area (Å²) >= 11 is 0. The Morgan fingerprint density at radius 1 is 1.00 bits per heavy atom. The van der Waals surface area contributed by atoms with E-state index in [-0.39, 0.29) is 11.7 Å². The lowest BCUT2D eigenvalue weighted by atomic mass is 10.1. The summed E-state index contributed by atoms with van der Waals surface area (Å²) in [5.74, 6) is 0.603. The first-order valence-corrected chi connectivity index (χ1v) is 8.43. The van der Waals surface area contributed by atoms with Crippen molar-refractivity contribution >= 4 is 16.7 Å². The lowest BCUT2D eigenvalue weighted by Crippen LogP contribution is -2.38. The Labute approximate surface area is 151 Å². The van der Waals surface area contributed by atoms with Gasteiger partial charge in [-0.15, -0.1) is 0 Å². The van der Waals surface area contributed by atoms with Gasteiger partial charge in [0.2, 0.25) is 0 Å². The Morgan fingerprint density at radius 3 is 2.46 bits per heavy atom. The van der Waals surface area contributed by atoms with E-state index in [1.165, 1.54) is 24.3 Å². The predicted molar refractivity (Wildman–Crippen MR) is 98.9 cm³/mol. The second kappa shape index (κ2) is 8.34. The highest BCUT2D eigenvalue weighted by molar-refractivity contribution is 5.83. The molecule has 0 aliphatic rings. The minimum absolute atomic E-state index is 0.253. The molecule has 0 bridgehead atoms. The van der Waals surface area contributed by atoms with Crippen LogP contribution in [0.25, 0.3) is 10.8 Å². The van der Waals surface area contributed by atoms with Crippen molar-refractivity contribution in [2.75, 3.05) is 13.2 Å². The van der Waals surface area contributed by atoms with Crippen molar-refractivity contribution in [3.63, 3.8) is 0 Å². The van der Waals surface area contributed by atoms with E-state index in [2.05, 4.69) is 5.32 Å². The van der Waals surface area contributed by atoms with Gasteiger partial charge in [-0.1, -0.05) is 30.3 Å². The number of hydrogen-bond acceptors (Lipinski definition) is 3. The van der Waals surface area contributed by atoms with E-state index < -0.39 is 6.10 Å². The molecule has 1 amide bonds. The van der Waals surface area contributed by atoms with Crippen LogP contribution in [0.3, 0.4) is 0 Å². The molecule has 0 radical (unpaired) electrons. The van der Waals surface area contributed by atoms with Crippen molar-refractivity contribution in [2.45, 2.75) is 13.0 Å². The fourth-order valence-electron chi connectivity index (χ4n) is 2.51. The van der Waals surface area contributed by atoms with Gasteiger partial charge in [0.25, 0.3) is 5.91 Å². The molecule has 3 rings (SSSR count). The molecule has 1 N–H and O–H groups in total. The number of benzene rings is 3. The minimum Gasteiger partial charge on any atom is -0.492 e. The maximum atomic E-state index is 12.9. The van der Waals surface area contributed by atoms with Gasteiger partial charge in [0, 0.05) is 0 Å². The lowest BCUT2D eigenvalue weighted by Gasteiger charge is -2.15. The Hall–Kier alpha value is -3.08. The number of rotatable bonds is 7. The molecule has 0 fully saturated rings. The van der Waals surface area contributed by atoms with Crippen molar-refractivity contribution < 1.29 is 18.7 Å². The van der Waals surface area contributed by atoms with E-state index in [0.717, 1.165) is 16.5 Å². The summed E-state index contributed by atoms with van der Waals surface area (Å²) in [4.78, 5) is 12.0. The van der Waals surface area contributed by atoms with Crippen LogP contribution in [0.4, 0.5) is 4.39 Å². The van der Waals surface area contributed by atoms with Crippen LogP contribution in [0.15, 0.2) is 66.7 Å². The van der Waals surface area contributed by atoms with Crippen molar-refractivity contribution in [2.24, 2.45) is 0 Å². The number of ether oxygens (including phenoxy) is 2. The predicted octanol–water partition coefficient (Wildman–Crippen LogP) is 3.94. The lowest BCUT2D eigenvalue weighted by molar-refractivity contribution is -0.127. The highest BCUT2D eigenvalue weighted by Gasteiger charge is 2.14. The van der Waals surface area contributed by atoms with Gasteiger partial charge in [-0.2, -0.15) is 0 Å². The largest absolute Gasteiger partial charge is 0.492 e. The van der Waals surface area contributed by atoms with E-state index in [1.54, 1.807) is 6.92 Å². The normalized spacial score (nSPS) is 11.8. The van der Waals surface area contributed by atoms with Crippen LogP contribution in [-0.2, 0) is 4.79 Å². The molecule has 0 saturated heterocycles. The third-order valence-corrected chi connectivity index (χ3v) is 3.89. The van der Waals surface area contributed by atoms with Gasteiger partial charge in [-0.3, -0.25) is 4.79 Å². The van der Waals surface area contributed by atoms with Crippen LogP contribution in [0.2, 0.25) is 0 Å². The first kappa shape index (κ1) is 17.7. The Bertz CT molecular complexity index is 880. The number of amides is 1. The smallest absolute Gasteiger partial charge is 0.260 e. The summed E-state index contributed by atoms with van der Waals surface area (Å²) in [6.07, 6.45) is -0.680. The first-order valence-electron chi connectivity index (χ1n) is 8.43. The van der Waals surface area contributed by atoms with E-state index in [4.69, 9.17) is 9.47 Å². The maximum absolute atomic E-state index is 12.9. The highest BCUT2D eigenvalue weighted by atomic mass is 19.1. The molecule has 4 nitrogen and oxygen atoms in total. The minimum atomic E-state index is -0.680. The molecule has 0 saturated carbocycles. The summed E-state index contributed by atoms with van der Waals surface area (Å²) in [6.45, 7) is 2.36. The van der Waals surface area contributed by atoms with Crippen molar-refractivity contribution in [1.82, 2.24) is 5.32 Å². The molecule has 0 aromatic heterocycles. The zero-order valence-corrected chi connectivity index (χ0v) is 14.4. The van der Waals surface area contributed by atoms with E-state index in [0.29, 0.717) is 18.9 Å². The molecular formula is C21H20FNO3. The number of halogens is 1. The zero-order chi connectivity index (χ0) is 18.4. The van der Waals surface area contributed by atoms with Crippen LogP contribution in [0.5, 0.6) is 11.5 Å². The second-order valence-electron chi connectivity index (χ2n) is 5.86. The van der Waals surface area contributed by atoms with Crippen LogP contribution >= 0.6 is 0 Å². The van der Waals surface area contributed by atoms with Gasteiger partial charge in [-0.25, -0.2) is 4.39 Å². The Balaban J connectivity index is 1.43. The quantitative estimate of drug-likeness (QED) is 0.655. The number of fused-ring (bicyclic) bond motifs is 1. The molecule has 5 heteroatoms. The molecule has 0 aliphatic heterocycles. The summed E-state index contributed by atoms with van der Waals surface area (Å²) in [7, 11) is 0. The highest BCUT2D eigenvalue weighted by Crippen LogP contribution is 2.20. The van der Waals surface area contributed by atoms with Gasteiger partial charge < -0.3 is 14.8 Å². The summed E-state index contributed by atoms with van der Waals surface area (Å²) in [6, 6.07) is 19.5. The van der Waals surface area contributed by atoms with Crippen molar-refractivity contribution in [3.8, 4) is 11.5 Å². The topological polar surface area (TPSA) is 47.6 Å². The molecule has 3 aromatic rings. The van der Waals surface area contributed by atoms with Gasteiger partial charge in [0.15, 0.2) is 6.10 Å². The third-order valence-electron chi connectivity index (χ3n) is 3.89. The molecule has 26 heavy (non-hydrogen) atoms. The molecule has 1 atom stereocenters. The van der Waals surface area contributed by atoms with Crippen molar-refractivity contribution in [1.29, 1.82) is 0 Å². The number of nitrogens with one attached hydrogen (secondary N) is 1. The van der Waals surface area contributed by atoms with E-state index in [9.17, 15) is 9.18 Å². The van der Waals surface area contributed by atoms with Crippen molar-refractivity contribution in [3.05, 3.63) is 72.5 Å². The fraction of sp³-hybridized carbons (Fsp3) is 0.190. The summed E-state index contributed by atoms with van der Waals surface area (Å²) in [5, 5.41) is 5.02. The summed E-state index contributed by atoms with van der Waals surface area (Å²) < 4.78 is 24.0. The third kappa shape index (κ3) is 4.72. The number of hydrogen-bond donors (Lipinski definition) is 1. The average Bonchev–Trinajstić information content (AvgIpc) is 2.66. The second-order valence-corrected chi connectivity index (χ2v) is 5.86. The van der Waals surface area contributed by atoms with Gasteiger partial charge in [-0.05, 0) is 54.1 Å². The Kier molecular flexibility index (Phi) is 5.69. The average molecular weight is 353 g/mol. The number of carbonyl (C=O) groups is 1. The van der Waals surface area contributed by atoms with Crippen LogP contribution in [-0.4, -0.2) is 25.2 Å². The van der Waals surface area contributed by atoms with Crippen LogP contribution in [0, 0.1) is 5.82 Å². The fourth-order valence-corrected chi connectivity index (χ4v) is 2.51. The van der Waals surface area contributed by atoms with Crippen LogP contribution < -0.4 is 14.8 Å². The number of carbonyl (C=O) groups excluding carboxylic acids is 1. The monoisotopic (exact) mass is 353 g/mol. The molecule has 134 valence electrons. The van der Waals surface area contributed by atoms with Gasteiger partial charge in [0.05, 0.1) is 6.54 Å². The first-order chi connectivity index (χ1) is 12.6. The zero-order valence-electron chi connectivity index (χ0n) is 14.4. The van der Waals surface area contributed by atoms with E-state index >= 15 is 0 Å². The Morgan fingerprint density at radius 2 is 1.69 bits per heavy atom. The molecule has 0 spiro atoms. The molecular weight excluding hydrogens is 333 g/mol. The molecule has 0 heterocycles. The maximum Gasteiger partial charge on any atom is 0.260 e. The molecule has 1 unspecified atom stereocenters. The molecule has 3 aromatic carbocycles. The summed E-state index contributed by atoms with van der Waals surface area (Å²) in [5.41, 5.74) is 0. The van der Waals surface area contributed by atoms with Crippen LogP contribution in [0.1, 0.15) is 6.92 Å². The standard InChI is InChI=1S/C21H20FNO3/c1-15(26-19-10-7-18(22)8-11-19)21(24)23-12-13-25-20-9-6-16-4-2-3-5-17(16)14-20/h2-11,14-15H,12-13H2,1H3,(H,23,24). The van der Waals surface area contributed by atoms with E-state index in [1.807, 2.05) is 42.5 Å². The SMILES string of the molecule is CC(Oc1ccc(F)cc1)C(=O)NCCOc1ccc2ccccc2c1. The molecule has 0 aliphatic carbocycles. The van der Waals surface area contributed by atoms with Gasteiger partial charge >= 0.3 is 0 Å². The van der Waals surface area contributed by atoms with Gasteiger partial charge in [0.1, 0.15) is 23.9 Å².